The van der Waals surface area contributed by atoms with Crippen LogP contribution in [0.4, 0.5) is 4.79 Å². The van der Waals surface area contributed by atoms with E-state index in [9.17, 15) is 13.2 Å². The maximum absolute atomic E-state index is 11.5. The van der Waals surface area contributed by atoms with Gasteiger partial charge in [-0.3, -0.25) is 4.79 Å². The van der Waals surface area contributed by atoms with E-state index in [1.54, 1.807) is 12.1 Å². The van der Waals surface area contributed by atoms with Crippen LogP contribution in [0.25, 0.3) is 0 Å². The van der Waals surface area contributed by atoms with E-state index >= 15 is 0 Å². The first-order valence-electron chi connectivity index (χ1n) is 5.26. The molecule has 1 aliphatic heterocycles. The number of nitrogens with zero attached hydrogens (tertiary/aromatic N) is 1. The van der Waals surface area contributed by atoms with Gasteiger partial charge < -0.3 is 9.64 Å². The lowest BCUT2D eigenvalue weighted by atomic mass is 10.1. The first-order chi connectivity index (χ1) is 8.34. The second-order valence-corrected chi connectivity index (χ2v) is 6.20. The zero-order valence-electron chi connectivity index (χ0n) is 10.1. The van der Waals surface area contributed by atoms with E-state index in [0.29, 0.717) is 0 Å². The predicted octanol–water partition coefficient (Wildman–Crippen LogP) is 0.839. The van der Waals surface area contributed by atoms with Crippen LogP contribution < -0.4 is 0 Å². The molecule has 1 unspecified atom stereocenters. The van der Waals surface area contributed by atoms with Crippen LogP contribution in [0.1, 0.15) is 17.4 Å². The van der Waals surface area contributed by atoms with Gasteiger partial charge in [0.15, 0.2) is 21.9 Å². The Morgan fingerprint density at radius 3 is 2.67 bits per heavy atom. The summed E-state index contributed by atoms with van der Waals surface area (Å²) in [5.41, 5.74) is 1.51. The summed E-state index contributed by atoms with van der Waals surface area (Å²) < 4.78 is 28.1. The Kier molecular flexibility index (Phi) is 3.20. The van der Waals surface area contributed by atoms with Crippen molar-refractivity contribution in [3.05, 3.63) is 29.3 Å². The highest BCUT2D eigenvalue weighted by Gasteiger charge is 2.32. The van der Waals surface area contributed by atoms with Gasteiger partial charge in [-0.15, -0.1) is 0 Å². The van der Waals surface area contributed by atoms with Gasteiger partial charge in [-0.2, -0.15) is 0 Å². The lowest BCUT2D eigenvalue weighted by Crippen LogP contribution is -2.29. The predicted molar refractivity (Wildman–Crippen MR) is 66.0 cm³/mol. The summed E-state index contributed by atoms with van der Waals surface area (Å²) in [6, 6.07) is 4.72. The van der Waals surface area contributed by atoms with Crippen LogP contribution in [0.3, 0.4) is 0 Å². The number of fused-ring (bicyclic) bond motifs is 1. The van der Waals surface area contributed by atoms with Gasteiger partial charge in [-0.25, -0.2) is 8.42 Å². The van der Waals surface area contributed by atoms with Crippen LogP contribution in [0, 0.1) is 0 Å². The van der Waals surface area contributed by atoms with Gasteiger partial charge in [0.05, 0.1) is 4.90 Å². The van der Waals surface area contributed by atoms with E-state index in [2.05, 4.69) is 0 Å². The van der Waals surface area contributed by atoms with E-state index in [-0.39, 0.29) is 11.4 Å². The number of benzene rings is 1. The number of ether oxygens (including phenoxy) is 1. The lowest BCUT2D eigenvalue weighted by molar-refractivity contribution is 0.00624. The minimum absolute atomic E-state index is 0.224. The Bertz CT molecular complexity index is 599. The van der Waals surface area contributed by atoms with E-state index in [1.807, 2.05) is 0 Å². The fraction of sp³-hybridized carbons (Fsp3) is 0.364. The summed E-state index contributed by atoms with van der Waals surface area (Å²) in [6.07, 6.45) is 0.592. The Morgan fingerprint density at radius 1 is 1.50 bits per heavy atom. The molecule has 5 nitrogen and oxygen atoms in total. The third-order valence-corrected chi connectivity index (χ3v) is 4.05. The average molecular weight is 265 g/mol. The Labute approximate surface area is 107 Å². The molecule has 2 rings (SSSR count). The van der Waals surface area contributed by atoms with Crippen molar-refractivity contribution in [2.75, 3.05) is 13.4 Å². The van der Waals surface area contributed by atoms with Crippen LogP contribution in [-0.2, 0) is 21.1 Å². The monoisotopic (exact) mass is 265 g/mol. The molecule has 0 fully saturated rings. The van der Waals surface area contributed by atoms with E-state index in [1.165, 1.54) is 18.1 Å². The van der Waals surface area contributed by atoms with E-state index in [0.717, 1.165) is 17.4 Å². The van der Waals surface area contributed by atoms with Crippen LogP contribution >= 0.6 is 0 Å². The van der Waals surface area contributed by atoms with Gasteiger partial charge in [-0.1, -0.05) is 6.07 Å². The molecule has 1 aromatic carbocycles. The Morgan fingerprint density at radius 2 is 2.17 bits per heavy atom. The molecule has 18 heavy (non-hydrogen) atoms. The third kappa shape index (κ3) is 2.15. The molecule has 2 radical (unpaired) electrons. The second kappa shape index (κ2) is 4.40. The molecule has 1 aromatic rings. The van der Waals surface area contributed by atoms with Crippen LogP contribution in [0.2, 0.25) is 0 Å². The van der Waals surface area contributed by atoms with Crippen molar-refractivity contribution in [3.8, 4) is 0 Å². The number of sulfone groups is 1. The SMILES string of the molecule is [B]C(=O)N1Cc2cc(S(C)(=O)=O)ccc2C1OC. The summed E-state index contributed by atoms with van der Waals surface area (Å²) in [7, 11) is 3.47. The van der Waals surface area contributed by atoms with Crippen molar-refractivity contribution in [1.82, 2.24) is 4.90 Å². The summed E-state index contributed by atoms with van der Waals surface area (Å²) in [5, 5.41) is 0. The van der Waals surface area contributed by atoms with Crippen molar-refractivity contribution in [3.63, 3.8) is 0 Å². The summed E-state index contributed by atoms with van der Waals surface area (Å²) in [5.74, 6) is -0.598. The molecule has 0 saturated heterocycles. The highest BCUT2D eigenvalue weighted by Crippen LogP contribution is 2.35. The molecule has 1 aliphatic rings. The van der Waals surface area contributed by atoms with Gasteiger partial charge >= 0.3 is 0 Å². The lowest BCUT2D eigenvalue weighted by Gasteiger charge is -2.22. The standard InChI is InChI=1S/C11H12BNO4S/c1-17-10-9-4-3-8(18(2,15)16)5-7(9)6-13(10)11(12)14/h3-5,10H,6H2,1-2H3. The van der Waals surface area contributed by atoms with Gasteiger partial charge in [0.1, 0.15) is 0 Å². The van der Waals surface area contributed by atoms with Gasteiger partial charge in [-0.05, 0) is 17.7 Å². The second-order valence-electron chi connectivity index (χ2n) is 4.19. The van der Waals surface area contributed by atoms with Gasteiger partial charge in [0.25, 0.3) is 0 Å². The van der Waals surface area contributed by atoms with E-state index in [4.69, 9.17) is 12.6 Å². The van der Waals surface area contributed by atoms with E-state index < -0.39 is 21.9 Å². The van der Waals surface area contributed by atoms with Crippen molar-refractivity contribution >= 4 is 23.5 Å². The van der Waals surface area contributed by atoms with Crippen molar-refractivity contribution < 1.29 is 17.9 Å². The fourth-order valence-electron chi connectivity index (χ4n) is 2.07. The molecule has 1 heterocycles. The first-order valence-corrected chi connectivity index (χ1v) is 7.15. The van der Waals surface area contributed by atoms with Crippen LogP contribution in [0.15, 0.2) is 23.1 Å². The molecule has 0 saturated carbocycles. The molecule has 1 amide bonds. The number of carbonyl (C=O) groups is 1. The van der Waals surface area contributed by atoms with Crippen molar-refractivity contribution in [2.24, 2.45) is 0 Å². The molecule has 0 N–H and O–H groups in total. The first kappa shape index (κ1) is 13.1. The quantitative estimate of drug-likeness (QED) is 0.743. The third-order valence-electron chi connectivity index (χ3n) is 2.94. The topological polar surface area (TPSA) is 63.7 Å². The molecule has 7 heteroatoms. The molecular weight excluding hydrogens is 253 g/mol. The number of methoxy groups -OCH3 is 1. The maximum Gasteiger partial charge on any atom is 0.200 e. The molecule has 94 valence electrons. The Balaban J connectivity index is 2.48. The number of amides is 1. The summed E-state index contributed by atoms with van der Waals surface area (Å²) >= 11 is 0. The fourth-order valence-corrected chi connectivity index (χ4v) is 2.74. The molecular formula is C11H12BNO4S. The van der Waals surface area contributed by atoms with Crippen molar-refractivity contribution in [1.29, 1.82) is 0 Å². The summed E-state index contributed by atoms with van der Waals surface area (Å²) in [4.78, 5) is 12.8. The minimum atomic E-state index is -3.26. The molecule has 0 aliphatic carbocycles. The summed E-state index contributed by atoms with van der Waals surface area (Å²) in [6.45, 7) is 0.256. The number of hydrogen-bond acceptors (Lipinski definition) is 4. The zero-order valence-corrected chi connectivity index (χ0v) is 10.9. The zero-order chi connectivity index (χ0) is 13.5. The van der Waals surface area contributed by atoms with Crippen LogP contribution in [-0.4, -0.2) is 40.3 Å². The minimum Gasteiger partial charge on any atom is -0.357 e. The number of hydrogen-bond donors (Lipinski definition) is 0. The molecule has 1 atom stereocenters. The normalized spacial score (nSPS) is 18.8. The maximum atomic E-state index is 11.5. The van der Waals surface area contributed by atoms with Gasteiger partial charge in [0, 0.05) is 25.5 Å². The van der Waals surface area contributed by atoms with Crippen LogP contribution in [0.5, 0.6) is 0 Å². The largest absolute Gasteiger partial charge is 0.357 e. The molecule has 0 spiro atoms. The smallest absolute Gasteiger partial charge is 0.200 e. The van der Waals surface area contributed by atoms with Gasteiger partial charge in [0.2, 0.25) is 7.85 Å². The number of carbonyl (C=O) groups excluding carboxylic acids is 1. The molecule has 0 bridgehead atoms. The highest BCUT2D eigenvalue weighted by atomic mass is 32.2. The highest BCUT2D eigenvalue weighted by molar-refractivity contribution is 7.90. The Hall–Kier alpha value is -1.34. The number of rotatable bonds is 2. The molecule has 0 aromatic heterocycles. The van der Waals surface area contributed by atoms with Crippen molar-refractivity contribution in [2.45, 2.75) is 17.7 Å². The average Bonchev–Trinajstić information content (AvgIpc) is 2.65.